The van der Waals surface area contributed by atoms with E-state index in [-0.39, 0.29) is 24.2 Å². The third-order valence-corrected chi connectivity index (χ3v) is 4.91. The van der Waals surface area contributed by atoms with Crippen molar-refractivity contribution >= 4 is 18.3 Å². The van der Waals surface area contributed by atoms with E-state index < -0.39 is 0 Å². The molecule has 0 atom stereocenters. The fraction of sp³-hybridized carbons (Fsp3) is 0.435. The number of rotatable bonds is 8. The highest BCUT2D eigenvalue weighted by molar-refractivity contribution is 5.87. The molecule has 0 aliphatic carbocycles. The molecule has 1 amide bonds. The minimum Gasteiger partial charge on any atom is -0.344 e. The van der Waals surface area contributed by atoms with Crippen molar-refractivity contribution in [1.82, 2.24) is 9.80 Å². The van der Waals surface area contributed by atoms with Crippen molar-refractivity contribution in [3.05, 3.63) is 71.8 Å². The van der Waals surface area contributed by atoms with Gasteiger partial charge in [-0.15, -0.1) is 12.4 Å². The summed E-state index contributed by atoms with van der Waals surface area (Å²) < 4.78 is 0. The average Bonchev–Trinajstić information content (AvgIpc) is 2.63. The third-order valence-electron chi connectivity index (χ3n) is 4.91. The molecule has 0 heterocycles. The Morgan fingerprint density at radius 3 is 1.56 bits per heavy atom. The standard InChI is InChI=1S/C23H32N2O.ClH/c1-18(2)25(19(3)4)17-16-24(5)23(26)22(20-12-8-6-9-13-20)21-14-10-7-11-15-21;/h6-15,18-19,22H,16-17H2,1-5H3;1H. The number of nitrogens with zero attached hydrogens (tertiary/aromatic N) is 2. The van der Waals surface area contributed by atoms with Gasteiger partial charge in [-0.1, -0.05) is 60.7 Å². The molecule has 0 aromatic heterocycles. The minimum absolute atomic E-state index is 0. The number of hydrogen-bond acceptors (Lipinski definition) is 2. The van der Waals surface area contributed by atoms with Crippen LogP contribution < -0.4 is 0 Å². The first-order valence-electron chi connectivity index (χ1n) is 9.52. The lowest BCUT2D eigenvalue weighted by molar-refractivity contribution is -0.130. The summed E-state index contributed by atoms with van der Waals surface area (Å²) in [4.78, 5) is 17.6. The van der Waals surface area contributed by atoms with Crippen LogP contribution in [0.5, 0.6) is 0 Å². The summed E-state index contributed by atoms with van der Waals surface area (Å²) in [7, 11) is 1.92. The molecule has 4 heteroatoms. The number of carbonyl (C=O) groups is 1. The van der Waals surface area contributed by atoms with Gasteiger partial charge in [-0.05, 0) is 38.8 Å². The Kier molecular flexibility index (Phi) is 9.54. The van der Waals surface area contributed by atoms with Crippen LogP contribution in [0.15, 0.2) is 60.7 Å². The molecule has 0 bridgehead atoms. The van der Waals surface area contributed by atoms with E-state index in [9.17, 15) is 4.79 Å². The molecule has 0 unspecified atom stereocenters. The van der Waals surface area contributed by atoms with Crippen molar-refractivity contribution in [2.24, 2.45) is 0 Å². The first-order valence-corrected chi connectivity index (χ1v) is 9.52. The fourth-order valence-corrected chi connectivity index (χ4v) is 3.48. The Morgan fingerprint density at radius 1 is 0.778 bits per heavy atom. The smallest absolute Gasteiger partial charge is 0.234 e. The second-order valence-corrected chi connectivity index (χ2v) is 7.44. The summed E-state index contributed by atoms with van der Waals surface area (Å²) in [6, 6.07) is 21.1. The van der Waals surface area contributed by atoms with Crippen molar-refractivity contribution in [3.63, 3.8) is 0 Å². The van der Waals surface area contributed by atoms with E-state index in [0.29, 0.717) is 12.1 Å². The van der Waals surface area contributed by atoms with Crippen molar-refractivity contribution < 1.29 is 4.79 Å². The van der Waals surface area contributed by atoms with E-state index in [4.69, 9.17) is 0 Å². The maximum Gasteiger partial charge on any atom is 0.234 e. The van der Waals surface area contributed by atoms with E-state index >= 15 is 0 Å². The number of carbonyl (C=O) groups excluding carboxylic acids is 1. The minimum atomic E-state index is -0.256. The molecule has 0 aliphatic heterocycles. The van der Waals surface area contributed by atoms with Crippen LogP contribution in [0.25, 0.3) is 0 Å². The summed E-state index contributed by atoms with van der Waals surface area (Å²) in [5, 5.41) is 0. The number of amides is 1. The van der Waals surface area contributed by atoms with E-state index in [1.807, 2.05) is 72.6 Å². The number of halogens is 1. The van der Waals surface area contributed by atoms with Crippen LogP contribution >= 0.6 is 12.4 Å². The van der Waals surface area contributed by atoms with Gasteiger partial charge in [0, 0.05) is 32.2 Å². The lowest BCUT2D eigenvalue weighted by Crippen LogP contribution is -2.44. The van der Waals surface area contributed by atoms with Crippen molar-refractivity contribution in [1.29, 1.82) is 0 Å². The Bertz CT molecular complexity index is 626. The topological polar surface area (TPSA) is 23.6 Å². The molecule has 27 heavy (non-hydrogen) atoms. The molecule has 2 aromatic rings. The van der Waals surface area contributed by atoms with Gasteiger partial charge in [-0.2, -0.15) is 0 Å². The monoisotopic (exact) mass is 388 g/mol. The molecule has 0 N–H and O–H groups in total. The molecule has 148 valence electrons. The predicted molar refractivity (Wildman–Crippen MR) is 117 cm³/mol. The van der Waals surface area contributed by atoms with Crippen LogP contribution in [0.3, 0.4) is 0 Å². The van der Waals surface area contributed by atoms with E-state index in [0.717, 1.165) is 24.2 Å². The summed E-state index contributed by atoms with van der Waals surface area (Å²) in [5.74, 6) is -0.108. The number of benzene rings is 2. The second kappa shape index (κ2) is 11.1. The Balaban J connectivity index is 0.00000364. The van der Waals surface area contributed by atoms with Gasteiger partial charge in [-0.3, -0.25) is 9.69 Å². The van der Waals surface area contributed by atoms with Gasteiger partial charge in [0.15, 0.2) is 0 Å². The molecule has 0 saturated carbocycles. The zero-order valence-corrected chi connectivity index (χ0v) is 17.9. The van der Waals surface area contributed by atoms with E-state index in [2.05, 4.69) is 32.6 Å². The molecular formula is C23H33ClN2O. The van der Waals surface area contributed by atoms with Gasteiger partial charge in [-0.25, -0.2) is 0 Å². The number of hydrogen-bond donors (Lipinski definition) is 0. The van der Waals surface area contributed by atoms with E-state index in [1.54, 1.807) is 0 Å². The Hall–Kier alpha value is -1.84. The van der Waals surface area contributed by atoms with Crippen LogP contribution in [0.4, 0.5) is 0 Å². The largest absolute Gasteiger partial charge is 0.344 e. The summed E-state index contributed by atoms with van der Waals surface area (Å²) in [6.45, 7) is 10.4. The summed E-state index contributed by atoms with van der Waals surface area (Å²) >= 11 is 0. The molecule has 3 nitrogen and oxygen atoms in total. The van der Waals surface area contributed by atoms with Crippen LogP contribution in [0.1, 0.15) is 44.7 Å². The zero-order valence-electron chi connectivity index (χ0n) is 17.1. The Labute approximate surface area is 170 Å². The lowest BCUT2D eigenvalue weighted by Gasteiger charge is -2.33. The zero-order chi connectivity index (χ0) is 19.1. The third kappa shape index (κ3) is 6.37. The highest BCUT2D eigenvalue weighted by atomic mass is 35.5. The molecular weight excluding hydrogens is 356 g/mol. The normalized spacial score (nSPS) is 11.1. The van der Waals surface area contributed by atoms with Gasteiger partial charge in [0.05, 0.1) is 5.92 Å². The predicted octanol–water partition coefficient (Wildman–Crippen LogP) is 4.82. The van der Waals surface area contributed by atoms with Crippen LogP contribution in [-0.2, 0) is 4.79 Å². The maximum absolute atomic E-state index is 13.3. The molecule has 0 radical (unpaired) electrons. The average molecular weight is 389 g/mol. The number of likely N-dealkylation sites (N-methyl/N-ethyl adjacent to an activating group) is 1. The van der Waals surface area contributed by atoms with Crippen molar-refractivity contribution in [3.8, 4) is 0 Å². The van der Waals surface area contributed by atoms with E-state index in [1.165, 1.54) is 0 Å². The highest BCUT2D eigenvalue weighted by Gasteiger charge is 2.26. The van der Waals surface area contributed by atoms with Gasteiger partial charge in [0.1, 0.15) is 0 Å². The van der Waals surface area contributed by atoms with Gasteiger partial charge < -0.3 is 4.90 Å². The van der Waals surface area contributed by atoms with Crippen LogP contribution in [0, 0.1) is 0 Å². The van der Waals surface area contributed by atoms with Gasteiger partial charge >= 0.3 is 0 Å². The van der Waals surface area contributed by atoms with Crippen LogP contribution in [-0.4, -0.2) is 47.9 Å². The lowest BCUT2D eigenvalue weighted by atomic mass is 9.90. The SMILES string of the molecule is CC(C)N(CCN(C)C(=O)C(c1ccccc1)c1ccccc1)C(C)C.Cl. The molecule has 0 fully saturated rings. The molecule has 0 saturated heterocycles. The highest BCUT2D eigenvalue weighted by Crippen LogP contribution is 2.26. The van der Waals surface area contributed by atoms with Gasteiger partial charge in [0.2, 0.25) is 5.91 Å². The van der Waals surface area contributed by atoms with Crippen molar-refractivity contribution in [2.45, 2.75) is 45.7 Å². The molecule has 2 aromatic carbocycles. The summed E-state index contributed by atoms with van der Waals surface area (Å²) in [5.41, 5.74) is 2.08. The second-order valence-electron chi connectivity index (χ2n) is 7.44. The van der Waals surface area contributed by atoms with Crippen LogP contribution in [0.2, 0.25) is 0 Å². The molecule has 0 aliphatic rings. The summed E-state index contributed by atoms with van der Waals surface area (Å²) in [6.07, 6.45) is 0. The first kappa shape index (κ1) is 23.2. The molecule has 0 spiro atoms. The van der Waals surface area contributed by atoms with Crippen molar-refractivity contribution in [2.75, 3.05) is 20.1 Å². The maximum atomic E-state index is 13.3. The quantitative estimate of drug-likeness (QED) is 0.647. The van der Waals surface area contributed by atoms with Gasteiger partial charge in [0.25, 0.3) is 0 Å². The Morgan fingerprint density at radius 2 is 1.19 bits per heavy atom. The fourth-order valence-electron chi connectivity index (χ4n) is 3.48. The molecule has 2 rings (SSSR count). The first-order chi connectivity index (χ1) is 12.4.